The number of alkyl halides is 1. The van der Waals surface area contributed by atoms with Crippen LogP contribution < -0.4 is 10.2 Å². The third-order valence-corrected chi connectivity index (χ3v) is 4.89. The summed E-state index contributed by atoms with van der Waals surface area (Å²) >= 11 is 0. The second-order valence-electron chi connectivity index (χ2n) is 6.81. The zero-order chi connectivity index (χ0) is 19.0. The van der Waals surface area contributed by atoms with E-state index in [-0.39, 0.29) is 19.4 Å². The monoisotopic (exact) mass is 373 g/mol. The number of amides is 1. The molecule has 4 rings (SSSR count). The molecule has 1 aliphatic heterocycles. The second kappa shape index (κ2) is 6.53. The Labute approximate surface area is 154 Å². The second-order valence-corrected chi connectivity index (χ2v) is 6.81. The maximum atomic E-state index is 14.8. The summed E-state index contributed by atoms with van der Waals surface area (Å²) in [6, 6.07) is 1.87. The van der Waals surface area contributed by atoms with Gasteiger partial charge in [-0.1, -0.05) is 0 Å². The van der Waals surface area contributed by atoms with E-state index in [2.05, 4.69) is 15.5 Å². The van der Waals surface area contributed by atoms with Crippen molar-refractivity contribution >= 4 is 17.4 Å². The average Bonchev–Trinajstić information content (AvgIpc) is 3.29. The Morgan fingerprint density at radius 3 is 2.78 bits per heavy atom. The highest BCUT2D eigenvalue weighted by molar-refractivity contribution is 5.72. The van der Waals surface area contributed by atoms with Gasteiger partial charge in [0.25, 0.3) is 0 Å². The van der Waals surface area contributed by atoms with Crippen molar-refractivity contribution in [2.24, 2.45) is 7.05 Å². The summed E-state index contributed by atoms with van der Waals surface area (Å²) in [5.74, 6) is 0.738. The summed E-state index contributed by atoms with van der Waals surface area (Å²) in [5.41, 5.74) is 0.919. The van der Waals surface area contributed by atoms with Gasteiger partial charge in [0.15, 0.2) is 5.82 Å². The Kier molecular flexibility index (Phi) is 4.17. The predicted molar refractivity (Wildman–Crippen MR) is 96.5 cm³/mol. The lowest BCUT2D eigenvalue weighted by Crippen LogP contribution is -2.48. The van der Waals surface area contributed by atoms with Gasteiger partial charge in [-0.15, -0.1) is 0 Å². The first kappa shape index (κ1) is 17.3. The molecule has 142 valence electrons. The number of hydrogen-bond acceptors (Lipinski definition) is 5. The zero-order valence-corrected chi connectivity index (χ0v) is 14.8. The molecular weight excluding hydrogens is 353 g/mol. The molecule has 0 atom stereocenters. The van der Waals surface area contributed by atoms with Crippen LogP contribution >= 0.6 is 0 Å². The number of halogens is 1. The minimum absolute atomic E-state index is 0.193. The van der Waals surface area contributed by atoms with Gasteiger partial charge >= 0.3 is 6.09 Å². The number of carbonyl (C=O) groups is 1. The van der Waals surface area contributed by atoms with E-state index in [0.29, 0.717) is 13.1 Å². The highest BCUT2D eigenvalue weighted by Crippen LogP contribution is 2.31. The standard InChI is InChI=1S/C17H20FN7O2/c1-23-9-12(8-21-23)13-10-25-14(2-5-20-25)15(22-13)24-6-3-17(18,4-7-24)11-19-16(26)27/h2,5,8-10,19H,3-4,6-7,11H2,1H3,(H,26,27). The molecule has 1 amide bonds. The van der Waals surface area contributed by atoms with E-state index in [4.69, 9.17) is 10.1 Å². The first-order chi connectivity index (χ1) is 12.9. The molecular formula is C17H20FN7O2. The maximum absolute atomic E-state index is 14.8. The topological polar surface area (TPSA) is 101 Å². The molecule has 0 unspecified atom stereocenters. The van der Waals surface area contributed by atoms with Crippen molar-refractivity contribution in [1.29, 1.82) is 0 Å². The van der Waals surface area contributed by atoms with Crippen LogP contribution in [0.1, 0.15) is 12.8 Å². The fraction of sp³-hybridized carbons (Fsp3) is 0.412. The van der Waals surface area contributed by atoms with Crippen molar-refractivity contribution in [3.05, 3.63) is 30.9 Å². The summed E-state index contributed by atoms with van der Waals surface area (Å²) in [5, 5.41) is 19.4. The molecule has 1 fully saturated rings. The molecule has 10 heteroatoms. The predicted octanol–water partition coefficient (Wildman–Crippen LogP) is 1.71. The third kappa shape index (κ3) is 3.42. The molecule has 0 spiro atoms. The molecule has 1 saturated heterocycles. The zero-order valence-electron chi connectivity index (χ0n) is 14.8. The smallest absolute Gasteiger partial charge is 0.404 e. The molecule has 0 bridgehead atoms. The van der Waals surface area contributed by atoms with E-state index < -0.39 is 11.8 Å². The number of anilines is 1. The normalized spacial score (nSPS) is 16.6. The lowest BCUT2D eigenvalue weighted by Gasteiger charge is -2.37. The summed E-state index contributed by atoms with van der Waals surface area (Å²) in [7, 11) is 1.84. The number of carboxylic acid groups (broad SMARTS) is 1. The fourth-order valence-corrected chi connectivity index (χ4v) is 3.37. The summed E-state index contributed by atoms with van der Waals surface area (Å²) in [6.07, 6.45) is 6.41. The number of hydrogen-bond donors (Lipinski definition) is 2. The van der Waals surface area contributed by atoms with Gasteiger partial charge in [-0.2, -0.15) is 10.2 Å². The lowest BCUT2D eigenvalue weighted by molar-refractivity contribution is 0.118. The largest absolute Gasteiger partial charge is 0.465 e. The Hall–Kier alpha value is -3.17. The first-order valence-electron chi connectivity index (χ1n) is 8.68. The van der Waals surface area contributed by atoms with Crippen LogP contribution in [0.15, 0.2) is 30.9 Å². The highest BCUT2D eigenvalue weighted by Gasteiger charge is 2.36. The van der Waals surface area contributed by atoms with E-state index in [1.54, 1.807) is 21.6 Å². The van der Waals surface area contributed by atoms with Crippen LogP contribution in [0.3, 0.4) is 0 Å². The summed E-state index contributed by atoms with van der Waals surface area (Å²) < 4.78 is 18.3. The fourth-order valence-electron chi connectivity index (χ4n) is 3.37. The van der Waals surface area contributed by atoms with E-state index >= 15 is 0 Å². The van der Waals surface area contributed by atoms with Crippen molar-refractivity contribution < 1.29 is 14.3 Å². The third-order valence-electron chi connectivity index (χ3n) is 4.89. The number of nitrogens with zero attached hydrogens (tertiary/aromatic N) is 6. The average molecular weight is 373 g/mol. The van der Waals surface area contributed by atoms with Crippen LogP contribution in [-0.2, 0) is 7.05 Å². The van der Waals surface area contributed by atoms with Crippen molar-refractivity contribution in [3.8, 4) is 11.3 Å². The Morgan fingerprint density at radius 1 is 1.33 bits per heavy atom. The summed E-state index contributed by atoms with van der Waals surface area (Å²) in [4.78, 5) is 17.5. The number of piperidine rings is 1. The van der Waals surface area contributed by atoms with Crippen LogP contribution in [0.5, 0.6) is 0 Å². The van der Waals surface area contributed by atoms with Gasteiger partial charge in [-0.3, -0.25) is 4.68 Å². The van der Waals surface area contributed by atoms with Gasteiger partial charge in [-0.25, -0.2) is 18.7 Å². The van der Waals surface area contributed by atoms with Gasteiger partial charge in [-0.05, 0) is 6.07 Å². The first-order valence-corrected chi connectivity index (χ1v) is 8.68. The van der Waals surface area contributed by atoms with Crippen LogP contribution in [0.4, 0.5) is 15.0 Å². The quantitative estimate of drug-likeness (QED) is 0.722. The van der Waals surface area contributed by atoms with Gasteiger partial charge in [0.05, 0.1) is 30.8 Å². The van der Waals surface area contributed by atoms with E-state index in [1.807, 2.05) is 30.4 Å². The number of rotatable bonds is 4. The molecule has 0 radical (unpaired) electrons. The van der Waals surface area contributed by atoms with Crippen LogP contribution in [-0.4, -0.2) is 60.9 Å². The lowest BCUT2D eigenvalue weighted by atomic mass is 9.93. The van der Waals surface area contributed by atoms with E-state index in [1.165, 1.54) is 0 Å². The molecule has 27 heavy (non-hydrogen) atoms. The van der Waals surface area contributed by atoms with Crippen LogP contribution in [0.2, 0.25) is 0 Å². The molecule has 3 aromatic heterocycles. The SMILES string of the molecule is Cn1cc(-c2cn3nccc3c(N3CCC(F)(CNC(=O)O)CC3)n2)cn1. The van der Waals surface area contributed by atoms with Gasteiger partial charge in [0.1, 0.15) is 11.2 Å². The molecule has 0 aromatic carbocycles. The van der Waals surface area contributed by atoms with Crippen molar-refractivity contribution in [1.82, 2.24) is 29.7 Å². The van der Waals surface area contributed by atoms with Gasteiger partial charge in [0.2, 0.25) is 0 Å². The number of aromatic nitrogens is 5. The Balaban J connectivity index is 1.60. The molecule has 4 heterocycles. The highest BCUT2D eigenvalue weighted by atomic mass is 19.1. The number of aryl methyl sites for hydroxylation is 1. The van der Waals surface area contributed by atoms with Crippen LogP contribution in [0.25, 0.3) is 16.8 Å². The molecule has 0 saturated carbocycles. The number of fused-ring (bicyclic) bond motifs is 1. The minimum atomic E-state index is -1.54. The molecule has 0 aliphatic carbocycles. The maximum Gasteiger partial charge on any atom is 0.404 e. The van der Waals surface area contributed by atoms with E-state index in [9.17, 15) is 9.18 Å². The van der Waals surface area contributed by atoms with Crippen molar-refractivity contribution in [3.63, 3.8) is 0 Å². The van der Waals surface area contributed by atoms with Crippen molar-refractivity contribution in [2.45, 2.75) is 18.5 Å². The van der Waals surface area contributed by atoms with E-state index in [0.717, 1.165) is 22.6 Å². The van der Waals surface area contributed by atoms with Gasteiger partial charge in [0, 0.05) is 44.7 Å². The molecule has 3 aromatic rings. The summed E-state index contributed by atoms with van der Waals surface area (Å²) in [6.45, 7) is 0.700. The van der Waals surface area contributed by atoms with Gasteiger partial charge < -0.3 is 15.3 Å². The molecule has 1 aliphatic rings. The van der Waals surface area contributed by atoms with Crippen molar-refractivity contribution in [2.75, 3.05) is 24.5 Å². The molecule has 2 N–H and O–H groups in total. The minimum Gasteiger partial charge on any atom is -0.465 e. The Bertz CT molecular complexity index is 975. The molecule has 9 nitrogen and oxygen atoms in total. The Morgan fingerprint density at radius 2 is 2.11 bits per heavy atom. The number of nitrogens with one attached hydrogen (secondary N) is 1. The van der Waals surface area contributed by atoms with Crippen LogP contribution in [0, 0.1) is 0 Å².